The lowest BCUT2D eigenvalue weighted by molar-refractivity contribution is 0.0694. The summed E-state index contributed by atoms with van der Waals surface area (Å²) < 4.78 is 1.41. The smallest absolute Gasteiger partial charge is 0.341 e. The molecule has 0 aromatic carbocycles. The van der Waals surface area contributed by atoms with Crippen molar-refractivity contribution < 1.29 is 15.0 Å². The van der Waals surface area contributed by atoms with Crippen molar-refractivity contribution in [2.75, 3.05) is 6.61 Å². The van der Waals surface area contributed by atoms with E-state index in [1.165, 1.54) is 22.0 Å². The van der Waals surface area contributed by atoms with Crippen molar-refractivity contribution in [1.29, 1.82) is 0 Å². The Morgan fingerprint density at radius 1 is 1.32 bits per heavy atom. The Labute approximate surface area is 113 Å². The number of carboxylic acids is 1. The standard InChI is InChI=1S/C13H13NO4S/c15-7-2-6-14-10(11-3-1-8-19-11)5-4-9(12(14)16)13(17)18/h1,3-5,8,15H,2,6-7H2,(H,17,18). The van der Waals surface area contributed by atoms with E-state index in [0.717, 1.165) is 4.88 Å². The second-order valence-electron chi connectivity index (χ2n) is 3.95. The molecule has 6 heteroatoms. The van der Waals surface area contributed by atoms with Gasteiger partial charge in [0.1, 0.15) is 5.56 Å². The van der Waals surface area contributed by atoms with Crippen LogP contribution in [0.15, 0.2) is 34.4 Å². The number of aromatic nitrogens is 1. The molecule has 2 heterocycles. The van der Waals surface area contributed by atoms with Crippen molar-refractivity contribution in [3.8, 4) is 10.6 Å². The third kappa shape index (κ3) is 2.74. The molecule has 5 nitrogen and oxygen atoms in total. The van der Waals surface area contributed by atoms with E-state index in [9.17, 15) is 9.59 Å². The normalized spacial score (nSPS) is 10.6. The largest absolute Gasteiger partial charge is 0.477 e. The first kappa shape index (κ1) is 13.5. The molecule has 2 aromatic heterocycles. The van der Waals surface area contributed by atoms with Crippen molar-refractivity contribution in [3.05, 3.63) is 45.6 Å². The Hall–Kier alpha value is -1.92. The molecule has 2 N–H and O–H groups in total. The molecule has 0 aliphatic heterocycles. The number of hydrogen-bond donors (Lipinski definition) is 2. The Kier molecular flexibility index (Phi) is 4.13. The molecular weight excluding hydrogens is 266 g/mol. The molecule has 0 atom stereocenters. The van der Waals surface area contributed by atoms with Gasteiger partial charge in [0, 0.05) is 13.2 Å². The first-order chi connectivity index (χ1) is 9.15. The molecule has 0 amide bonds. The van der Waals surface area contributed by atoms with Gasteiger partial charge in [0.05, 0.1) is 10.6 Å². The van der Waals surface area contributed by atoms with Crippen molar-refractivity contribution >= 4 is 17.3 Å². The van der Waals surface area contributed by atoms with Crippen molar-refractivity contribution in [3.63, 3.8) is 0 Å². The maximum Gasteiger partial charge on any atom is 0.341 e. The minimum absolute atomic E-state index is 0.0480. The highest BCUT2D eigenvalue weighted by Gasteiger charge is 2.15. The van der Waals surface area contributed by atoms with E-state index in [1.54, 1.807) is 6.07 Å². The Morgan fingerprint density at radius 2 is 2.11 bits per heavy atom. The number of aromatic carboxylic acids is 1. The van der Waals surface area contributed by atoms with E-state index in [-0.39, 0.29) is 12.2 Å². The summed E-state index contributed by atoms with van der Waals surface area (Å²) in [5.41, 5.74) is -0.108. The molecule has 0 aliphatic carbocycles. The summed E-state index contributed by atoms with van der Waals surface area (Å²) in [6, 6.07) is 6.70. The summed E-state index contributed by atoms with van der Waals surface area (Å²) in [4.78, 5) is 24.0. The van der Waals surface area contributed by atoms with Gasteiger partial charge in [-0.3, -0.25) is 4.79 Å². The van der Waals surface area contributed by atoms with Gasteiger partial charge in [0.2, 0.25) is 0 Å². The first-order valence-electron chi connectivity index (χ1n) is 5.77. The van der Waals surface area contributed by atoms with E-state index < -0.39 is 11.5 Å². The molecule has 0 unspecified atom stereocenters. The highest BCUT2D eigenvalue weighted by Crippen LogP contribution is 2.23. The monoisotopic (exact) mass is 279 g/mol. The summed E-state index contributed by atoms with van der Waals surface area (Å²) in [5.74, 6) is -1.24. The number of nitrogens with zero attached hydrogens (tertiary/aromatic N) is 1. The third-order valence-electron chi connectivity index (χ3n) is 2.72. The van der Waals surface area contributed by atoms with Gasteiger partial charge < -0.3 is 14.8 Å². The van der Waals surface area contributed by atoms with Crippen molar-refractivity contribution in [1.82, 2.24) is 4.57 Å². The molecule has 0 saturated carbocycles. The molecule has 2 rings (SSSR count). The van der Waals surface area contributed by atoms with Crippen LogP contribution in [-0.2, 0) is 6.54 Å². The fraction of sp³-hybridized carbons (Fsp3) is 0.231. The van der Waals surface area contributed by atoms with Crippen LogP contribution >= 0.6 is 11.3 Å². The molecule has 19 heavy (non-hydrogen) atoms. The maximum atomic E-state index is 12.1. The zero-order valence-corrected chi connectivity index (χ0v) is 10.9. The minimum Gasteiger partial charge on any atom is -0.477 e. The van der Waals surface area contributed by atoms with E-state index in [0.29, 0.717) is 18.7 Å². The van der Waals surface area contributed by atoms with E-state index in [2.05, 4.69) is 0 Å². The van der Waals surface area contributed by atoms with Crippen LogP contribution in [0.2, 0.25) is 0 Å². The highest BCUT2D eigenvalue weighted by atomic mass is 32.1. The van der Waals surface area contributed by atoms with Crippen LogP contribution in [0.1, 0.15) is 16.8 Å². The summed E-state index contributed by atoms with van der Waals surface area (Å²) >= 11 is 1.48. The predicted octanol–water partition coefficient (Wildman–Crippen LogP) is 1.66. The third-order valence-corrected chi connectivity index (χ3v) is 3.61. The quantitative estimate of drug-likeness (QED) is 0.872. The van der Waals surface area contributed by atoms with Crippen LogP contribution < -0.4 is 5.56 Å². The van der Waals surface area contributed by atoms with Gasteiger partial charge in [-0.15, -0.1) is 11.3 Å². The predicted molar refractivity (Wildman–Crippen MR) is 72.7 cm³/mol. The Bertz CT molecular complexity index is 631. The summed E-state index contributed by atoms with van der Waals surface area (Å²) in [6.07, 6.45) is 0.404. The van der Waals surface area contributed by atoms with E-state index in [4.69, 9.17) is 10.2 Å². The summed E-state index contributed by atoms with van der Waals surface area (Å²) in [7, 11) is 0. The number of aliphatic hydroxyl groups excluding tert-OH is 1. The van der Waals surface area contributed by atoms with Gasteiger partial charge in [-0.25, -0.2) is 4.79 Å². The van der Waals surface area contributed by atoms with Crippen LogP contribution in [-0.4, -0.2) is 27.4 Å². The zero-order valence-electron chi connectivity index (χ0n) is 10.1. The van der Waals surface area contributed by atoms with Gasteiger partial charge in [-0.2, -0.15) is 0 Å². The summed E-state index contributed by atoms with van der Waals surface area (Å²) in [5, 5.41) is 19.8. The van der Waals surface area contributed by atoms with E-state index >= 15 is 0 Å². The lowest BCUT2D eigenvalue weighted by Gasteiger charge is -2.12. The SMILES string of the molecule is O=C(O)c1ccc(-c2cccs2)n(CCCO)c1=O. The molecule has 100 valence electrons. The fourth-order valence-corrected chi connectivity index (χ4v) is 2.59. The fourth-order valence-electron chi connectivity index (χ4n) is 1.83. The Morgan fingerprint density at radius 3 is 2.68 bits per heavy atom. The first-order valence-corrected chi connectivity index (χ1v) is 6.65. The molecule has 0 radical (unpaired) electrons. The van der Waals surface area contributed by atoms with Crippen LogP contribution in [0, 0.1) is 0 Å². The number of hydrogen-bond acceptors (Lipinski definition) is 4. The van der Waals surface area contributed by atoms with Crippen LogP contribution in [0.5, 0.6) is 0 Å². The maximum absolute atomic E-state index is 12.1. The van der Waals surface area contributed by atoms with Gasteiger partial charge in [-0.05, 0) is 30.0 Å². The van der Waals surface area contributed by atoms with Crippen molar-refractivity contribution in [2.45, 2.75) is 13.0 Å². The lowest BCUT2D eigenvalue weighted by Crippen LogP contribution is -2.27. The number of rotatable bonds is 5. The van der Waals surface area contributed by atoms with Gasteiger partial charge in [0.15, 0.2) is 0 Å². The Balaban J connectivity index is 2.58. The number of aliphatic hydroxyl groups is 1. The average Bonchev–Trinajstić information content (AvgIpc) is 2.90. The average molecular weight is 279 g/mol. The van der Waals surface area contributed by atoms with Crippen molar-refractivity contribution in [2.24, 2.45) is 0 Å². The number of thiophene rings is 1. The molecule has 0 aliphatic rings. The molecular formula is C13H13NO4S. The number of pyridine rings is 1. The van der Waals surface area contributed by atoms with Gasteiger partial charge >= 0.3 is 5.97 Å². The molecule has 0 saturated heterocycles. The molecule has 0 fully saturated rings. The van der Waals surface area contributed by atoms with Crippen LogP contribution in [0.4, 0.5) is 0 Å². The number of carboxylic acid groups (broad SMARTS) is 1. The van der Waals surface area contributed by atoms with Gasteiger partial charge in [0.25, 0.3) is 5.56 Å². The molecule has 0 bridgehead atoms. The molecule has 0 spiro atoms. The highest BCUT2D eigenvalue weighted by molar-refractivity contribution is 7.13. The van der Waals surface area contributed by atoms with Gasteiger partial charge in [-0.1, -0.05) is 6.07 Å². The van der Waals surface area contributed by atoms with Crippen LogP contribution in [0.3, 0.4) is 0 Å². The van der Waals surface area contributed by atoms with Crippen LogP contribution in [0.25, 0.3) is 10.6 Å². The van der Waals surface area contributed by atoms with E-state index in [1.807, 2.05) is 17.5 Å². The second-order valence-corrected chi connectivity index (χ2v) is 4.90. The lowest BCUT2D eigenvalue weighted by atomic mass is 10.2. The second kappa shape index (κ2) is 5.81. The topological polar surface area (TPSA) is 79.5 Å². The molecule has 2 aromatic rings. The summed E-state index contributed by atoms with van der Waals surface area (Å²) in [6.45, 7) is 0.247. The zero-order chi connectivity index (χ0) is 13.8. The minimum atomic E-state index is -1.24. The number of carbonyl (C=O) groups is 1.